The Kier molecular flexibility index (Phi) is 3.06. The lowest BCUT2D eigenvalue weighted by Crippen LogP contribution is -2.00. The van der Waals surface area contributed by atoms with Crippen molar-refractivity contribution in [3.05, 3.63) is 53.1 Å². The Morgan fingerprint density at radius 3 is 2.65 bits per heavy atom. The number of nitrogens with zero attached hydrogens (tertiary/aromatic N) is 1. The van der Waals surface area contributed by atoms with E-state index in [2.05, 4.69) is 4.98 Å². The number of hydrogen-bond acceptors (Lipinski definition) is 2. The Hall–Kier alpha value is -1.94. The molecule has 2 aromatic rings. The van der Waals surface area contributed by atoms with Crippen molar-refractivity contribution in [2.24, 2.45) is 0 Å². The van der Waals surface area contributed by atoms with E-state index in [1.54, 1.807) is 12.1 Å². The number of pyridine rings is 1. The minimum Gasteiger partial charge on any atom is -0.477 e. The van der Waals surface area contributed by atoms with E-state index in [1.807, 2.05) is 0 Å². The molecule has 0 unspecified atom stereocenters. The van der Waals surface area contributed by atoms with Crippen LogP contribution in [0.5, 0.6) is 0 Å². The summed E-state index contributed by atoms with van der Waals surface area (Å²) in [6.07, 6.45) is 0. The van der Waals surface area contributed by atoms with Crippen LogP contribution in [0, 0.1) is 5.82 Å². The smallest absolute Gasteiger partial charge is 0.354 e. The number of carbonyl (C=O) groups is 1. The Labute approximate surface area is 101 Å². The second-order valence-electron chi connectivity index (χ2n) is 3.35. The maximum atomic E-state index is 13.0. The van der Waals surface area contributed by atoms with Gasteiger partial charge in [-0.25, -0.2) is 14.2 Å². The number of carboxylic acids is 1. The van der Waals surface area contributed by atoms with Crippen molar-refractivity contribution in [3.63, 3.8) is 0 Å². The van der Waals surface area contributed by atoms with Crippen molar-refractivity contribution in [2.45, 2.75) is 0 Å². The van der Waals surface area contributed by atoms with Crippen LogP contribution < -0.4 is 0 Å². The van der Waals surface area contributed by atoms with Crippen molar-refractivity contribution >= 4 is 17.6 Å². The summed E-state index contributed by atoms with van der Waals surface area (Å²) in [7, 11) is 0. The molecule has 1 N–H and O–H groups in total. The van der Waals surface area contributed by atoms with Gasteiger partial charge in [-0.15, -0.1) is 0 Å². The molecule has 1 aromatic heterocycles. The first-order valence-corrected chi connectivity index (χ1v) is 5.11. The zero-order valence-corrected chi connectivity index (χ0v) is 9.28. The summed E-state index contributed by atoms with van der Waals surface area (Å²) < 4.78 is 13.0. The zero-order valence-electron chi connectivity index (χ0n) is 8.52. The Bertz CT molecular complexity index is 586. The predicted octanol–water partition coefficient (Wildman–Crippen LogP) is 3.24. The zero-order chi connectivity index (χ0) is 12.4. The molecule has 0 aliphatic heterocycles. The molecule has 3 nitrogen and oxygen atoms in total. The van der Waals surface area contributed by atoms with Crippen LogP contribution >= 0.6 is 11.6 Å². The molecule has 0 saturated heterocycles. The first-order valence-electron chi connectivity index (χ1n) is 4.73. The number of rotatable bonds is 2. The standard InChI is InChI=1S/C12H7ClFNO2/c13-11-9(4-5-10(15-11)12(16)17)7-2-1-3-8(14)6-7/h1-6H,(H,16,17). The third-order valence-electron chi connectivity index (χ3n) is 2.20. The average molecular weight is 252 g/mol. The molecule has 0 atom stereocenters. The van der Waals surface area contributed by atoms with Gasteiger partial charge in [0.05, 0.1) is 0 Å². The summed E-state index contributed by atoms with van der Waals surface area (Å²) >= 11 is 5.86. The highest BCUT2D eigenvalue weighted by Gasteiger charge is 2.10. The van der Waals surface area contributed by atoms with Crippen molar-refractivity contribution in [1.29, 1.82) is 0 Å². The summed E-state index contributed by atoms with van der Waals surface area (Å²) in [5.74, 6) is -1.54. The van der Waals surface area contributed by atoms with Crippen LogP contribution in [0.25, 0.3) is 11.1 Å². The number of halogens is 2. The van der Waals surface area contributed by atoms with E-state index in [0.29, 0.717) is 11.1 Å². The minimum absolute atomic E-state index is 0.0375. The monoisotopic (exact) mass is 251 g/mol. The topological polar surface area (TPSA) is 50.2 Å². The summed E-state index contributed by atoms with van der Waals surface area (Å²) in [6, 6.07) is 8.68. The predicted molar refractivity (Wildman–Crippen MR) is 61.6 cm³/mol. The van der Waals surface area contributed by atoms with E-state index in [4.69, 9.17) is 16.7 Å². The van der Waals surface area contributed by atoms with Gasteiger partial charge < -0.3 is 5.11 Å². The molecule has 86 valence electrons. The van der Waals surface area contributed by atoms with Gasteiger partial charge in [-0.2, -0.15) is 0 Å². The number of carboxylic acid groups (broad SMARTS) is 1. The van der Waals surface area contributed by atoms with Crippen LogP contribution in [0.3, 0.4) is 0 Å². The van der Waals surface area contributed by atoms with E-state index < -0.39 is 5.97 Å². The molecular weight excluding hydrogens is 245 g/mol. The molecule has 0 bridgehead atoms. The summed E-state index contributed by atoms with van der Waals surface area (Å²) in [5.41, 5.74) is 0.908. The van der Waals surface area contributed by atoms with Gasteiger partial charge in [-0.3, -0.25) is 0 Å². The molecular formula is C12H7ClFNO2. The summed E-state index contributed by atoms with van der Waals surface area (Å²) in [6.45, 7) is 0. The van der Waals surface area contributed by atoms with E-state index in [-0.39, 0.29) is 16.7 Å². The van der Waals surface area contributed by atoms with Gasteiger partial charge in [0.2, 0.25) is 0 Å². The fourth-order valence-electron chi connectivity index (χ4n) is 1.42. The third-order valence-corrected chi connectivity index (χ3v) is 2.49. The lowest BCUT2D eigenvalue weighted by molar-refractivity contribution is 0.0690. The number of benzene rings is 1. The van der Waals surface area contributed by atoms with Crippen LogP contribution in [0.2, 0.25) is 5.15 Å². The van der Waals surface area contributed by atoms with Gasteiger partial charge in [0.25, 0.3) is 0 Å². The minimum atomic E-state index is -1.15. The number of aromatic carboxylic acids is 1. The lowest BCUT2D eigenvalue weighted by atomic mass is 10.1. The van der Waals surface area contributed by atoms with Crippen LogP contribution in [0.4, 0.5) is 4.39 Å². The van der Waals surface area contributed by atoms with E-state index in [9.17, 15) is 9.18 Å². The molecule has 0 amide bonds. The molecule has 0 aliphatic carbocycles. The lowest BCUT2D eigenvalue weighted by Gasteiger charge is -2.04. The fourth-order valence-corrected chi connectivity index (χ4v) is 1.69. The van der Waals surface area contributed by atoms with Gasteiger partial charge in [-0.05, 0) is 29.8 Å². The van der Waals surface area contributed by atoms with Crippen molar-refractivity contribution in [2.75, 3.05) is 0 Å². The highest BCUT2D eigenvalue weighted by Crippen LogP contribution is 2.26. The van der Waals surface area contributed by atoms with E-state index in [1.165, 1.54) is 24.3 Å². The molecule has 0 radical (unpaired) electrons. The van der Waals surface area contributed by atoms with Crippen LogP contribution in [0.15, 0.2) is 36.4 Å². The van der Waals surface area contributed by atoms with Gasteiger partial charge in [0.15, 0.2) is 0 Å². The first-order chi connectivity index (χ1) is 8.08. The molecule has 0 aliphatic rings. The summed E-state index contributed by atoms with van der Waals surface area (Å²) in [4.78, 5) is 14.4. The highest BCUT2D eigenvalue weighted by molar-refractivity contribution is 6.32. The van der Waals surface area contributed by atoms with Gasteiger partial charge >= 0.3 is 5.97 Å². The van der Waals surface area contributed by atoms with Crippen LogP contribution in [-0.2, 0) is 0 Å². The molecule has 0 saturated carbocycles. The molecule has 1 aromatic carbocycles. The Morgan fingerprint density at radius 2 is 2.06 bits per heavy atom. The van der Waals surface area contributed by atoms with E-state index >= 15 is 0 Å². The maximum absolute atomic E-state index is 13.0. The average Bonchev–Trinajstić information content (AvgIpc) is 2.28. The van der Waals surface area contributed by atoms with Crippen molar-refractivity contribution in [1.82, 2.24) is 4.98 Å². The second-order valence-corrected chi connectivity index (χ2v) is 3.71. The number of hydrogen-bond donors (Lipinski definition) is 1. The van der Waals surface area contributed by atoms with Gasteiger partial charge in [0.1, 0.15) is 16.7 Å². The molecule has 0 fully saturated rings. The third kappa shape index (κ3) is 2.42. The largest absolute Gasteiger partial charge is 0.477 e. The Morgan fingerprint density at radius 1 is 1.29 bits per heavy atom. The normalized spacial score (nSPS) is 10.2. The van der Waals surface area contributed by atoms with Crippen LogP contribution in [-0.4, -0.2) is 16.1 Å². The van der Waals surface area contributed by atoms with Gasteiger partial charge in [0, 0.05) is 5.56 Å². The van der Waals surface area contributed by atoms with Gasteiger partial charge in [-0.1, -0.05) is 23.7 Å². The quantitative estimate of drug-likeness (QED) is 0.834. The fraction of sp³-hybridized carbons (Fsp3) is 0. The first kappa shape index (κ1) is 11.5. The second kappa shape index (κ2) is 4.51. The van der Waals surface area contributed by atoms with Crippen molar-refractivity contribution in [3.8, 4) is 11.1 Å². The SMILES string of the molecule is O=C(O)c1ccc(-c2cccc(F)c2)c(Cl)n1. The maximum Gasteiger partial charge on any atom is 0.354 e. The molecule has 17 heavy (non-hydrogen) atoms. The molecule has 0 spiro atoms. The van der Waals surface area contributed by atoms with E-state index in [0.717, 1.165) is 0 Å². The molecule has 2 rings (SSSR count). The molecule has 1 heterocycles. The summed E-state index contributed by atoms with van der Waals surface area (Å²) in [5, 5.41) is 8.77. The highest BCUT2D eigenvalue weighted by atomic mass is 35.5. The number of aromatic nitrogens is 1. The van der Waals surface area contributed by atoms with Crippen LogP contribution in [0.1, 0.15) is 10.5 Å². The van der Waals surface area contributed by atoms with Crippen molar-refractivity contribution < 1.29 is 14.3 Å². The Balaban J connectivity index is 2.50. The molecule has 5 heteroatoms.